The molecule has 0 aliphatic heterocycles. The maximum atomic E-state index is 6.17. The van der Waals surface area contributed by atoms with Gasteiger partial charge >= 0.3 is 0 Å². The Labute approximate surface area is 151 Å². The highest BCUT2D eigenvalue weighted by molar-refractivity contribution is 6.35. The molecule has 1 unspecified atom stereocenters. The SMILES string of the molecule is CNC(C)Cc1noc(COc2ccc(Cl)c3cccnc23)n1.Cl. The van der Waals surface area contributed by atoms with Gasteiger partial charge in [-0.15, -0.1) is 12.4 Å². The van der Waals surface area contributed by atoms with E-state index in [0.717, 1.165) is 5.39 Å². The van der Waals surface area contributed by atoms with Gasteiger partial charge in [0.15, 0.2) is 12.4 Å². The number of hydrogen-bond acceptors (Lipinski definition) is 6. The number of fused-ring (bicyclic) bond motifs is 1. The summed E-state index contributed by atoms with van der Waals surface area (Å²) in [7, 11) is 1.90. The number of pyridine rings is 1. The zero-order valence-electron chi connectivity index (χ0n) is 13.3. The van der Waals surface area contributed by atoms with Crippen molar-refractivity contribution < 1.29 is 9.26 Å². The maximum absolute atomic E-state index is 6.17. The monoisotopic (exact) mass is 368 g/mol. The zero-order valence-corrected chi connectivity index (χ0v) is 14.9. The first-order valence-corrected chi connectivity index (χ1v) is 7.70. The number of rotatable bonds is 6. The van der Waals surface area contributed by atoms with Gasteiger partial charge in [-0.25, -0.2) is 0 Å². The molecule has 0 fully saturated rings. The predicted molar refractivity (Wildman–Crippen MR) is 94.9 cm³/mol. The van der Waals surface area contributed by atoms with Crippen LogP contribution in [0.25, 0.3) is 10.9 Å². The minimum Gasteiger partial charge on any atom is -0.481 e. The molecule has 8 heteroatoms. The Balaban J connectivity index is 0.00000208. The molecular weight excluding hydrogens is 351 g/mol. The number of halogens is 2. The van der Waals surface area contributed by atoms with Gasteiger partial charge in [0.05, 0.1) is 5.02 Å². The second-order valence-electron chi connectivity index (χ2n) is 5.23. The molecule has 1 N–H and O–H groups in total. The van der Waals surface area contributed by atoms with Gasteiger partial charge in [0.2, 0.25) is 0 Å². The predicted octanol–water partition coefficient (Wildman–Crippen LogP) is 3.42. The maximum Gasteiger partial charge on any atom is 0.264 e. The van der Waals surface area contributed by atoms with Crippen LogP contribution in [-0.4, -0.2) is 28.2 Å². The van der Waals surface area contributed by atoms with Crippen LogP contribution >= 0.6 is 24.0 Å². The van der Waals surface area contributed by atoms with Crippen LogP contribution < -0.4 is 10.1 Å². The number of benzene rings is 1. The van der Waals surface area contributed by atoms with Crippen molar-refractivity contribution in [2.75, 3.05) is 7.05 Å². The Morgan fingerprint density at radius 2 is 2.17 bits per heavy atom. The molecule has 2 heterocycles. The molecule has 0 radical (unpaired) electrons. The highest BCUT2D eigenvalue weighted by Crippen LogP contribution is 2.29. The Bertz CT molecular complexity index is 810. The van der Waals surface area contributed by atoms with Crippen LogP contribution in [0.3, 0.4) is 0 Å². The van der Waals surface area contributed by atoms with E-state index in [0.29, 0.717) is 34.4 Å². The first-order chi connectivity index (χ1) is 11.2. The minimum absolute atomic E-state index is 0. The molecule has 1 atom stereocenters. The van der Waals surface area contributed by atoms with Gasteiger partial charge in [0.25, 0.3) is 5.89 Å². The molecule has 1 aromatic carbocycles. The lowest BCUT2D eigenvalue weighted by Crippen LogP contribution is -2.24. The van der Waals surface area contributed by atoms with Gasteiger partial charge in [-0.3, -0.25) is 4.98 Å². The quantitative estimate of drug-likeness (QED) is 0.718. The Morgan fingerprint density at radius 3 is 2.96 bits per heavy atom. The lowest BCUT2D eigenvalue weighted by Gasteiger charge is -2.07. The van der Waals surface area contributed by atoms with Gasteiger partial charge in [-0.2, -0.15) is 4.98 Å². The van der Waals surface area contributed by atoms with Crippen molar-refractivity contribution in [2.24, 2.45) is 0 Å². The summed E-state index contributed by atoms with van der Waals surface area (Å²) in [6.45, 7) is 2.24. The first kappa shape index (κ1) is 18.4. The molecule has 128 valence electrons. The summed E-state index contributed by atoms with van der Waals surface area (Å²) in [6, 6.07) is 7.60. The third-order valence-corrected chi connectivity index (χ3v) is 3.85. The van der Waals surface area contributed by atoms with Crippen LogP contribution in [0.4, 0.5) is 0 Å². The van der Waals surface area contributed by atoms with Gasteiger partial charge in [0.1, 0.15) is 11.3 Å². The number of aromatic nitrogens is 3. The Morgan fingerprint density at radius 1 is 1.33 bits per heavy atom. The highest BCUT2D eigenvalue weighted by Gasteiger charge is 2.12. The summed E-state index contributed by atoms with van der Waals surface area (Å²) < 4.78 is 11.0. The van der Waals surface area contributed by atoms with Crippen molar-refractivity contribution in [3.8, 4) is 5.75 Å². The number of likely N-dealkylation sites (N-methyl/N-ethyl adjacent to an activating group) is 1. The average molecular weight is 369 g/mol. The van der Waals surface area contributed by atoms with E-state index in [4.69, 9.17) is 20.9 Å². The van der Waals surface area contributed by atoms with Crippen LogP contribution in [0.15, 0.2) is 35.0 Å². The van der Waals surface area contributed by atoms with Crippen molar-refractivity contribution in [2.45, 2.75) is 26.0 Å². The highest BCUT2D eigenvalue weighted by atomic mass is 35.5. The zero-order chi connectivity index (χ0) is 16.2. The van der Waals surface area contributed by atoms with Crippen molar-refractivity contribution >= 4 is 34.9 Å². The van der Waals surface area contributed by atoms with Gasteiger partial charge < -0.3 is 14.6 Å². The number of nitrogens with zero attached hydrogens (tertiary/aromatic N) is 3. The van der Waals surface area contributed by atoms with Gasteiger partial charge in [-0.05, 0) is 38.2 Å². The molecule has 0 saturated heterocycles. The van der Waals surface area contributed by atoms with E-state index in [9.17, 15) is 0 Å². The molecule has 3 rings (SSSR count). The number of nitrogens with one attached hydrogen (secondary N) is 1. The van der Waals surface area contributed by atoms with E-state index in [2.05, 4.69) is 27.4 Å². The Kier molecular flexibility index (Phi) is 6.36. The average Bonchev–Trinajstić information content (AvgIpc) is 3.02. The minimum atomic E-state index is 0. The Hall–Kier alpha value is -1.89. The van der Waals surface area contributed by atoms with E-state index >= 15 is 0 Å². The molecule has 2 aromatic heterocycles. The molecule has 0 amide bonds. The molecule has 0 bridgehead atoms. The third kappa shape index (κ3) is 4.14. The standard InChI is InChI=1S/C16H17ClN4O2.ClH/c1-10(18-2)8-14-20-15(23-21-14)9-22-13-6-5-12(17)11-4-3-7-19-16(11)13;/h3-7,10,18H,8-9H2,1-2H3;1H. The number of hydrogen-bond donors (Lipinski definition) is 1. The van der Waals surface area contributed by atoms with Gasteiger partial charge in [0, 0.05) is 24.0 Å². The molecule has 3 aromatic rings. The van der Waals surface area contributed by atoms with Gasteiger partial charge in [-0.1, -0.05) is 16.8 Å². The van der Waals surface area contributed by atoms with Crippen molar-refractivity contribution in [1.29, 1.82) is 0 Å². The second-order valence-corrected chi connectivity index (χ2v) is 5.64. The third-order valence-electron chi connectivity index (χ3n) is 3.52. The molecular formula is C16H18Cl2N4O2. The molecule has 0 aliphatic carbocycles. The van der Waals surface area contributed by atoms with E-state index in [1.807, 2.05) is 19.2 Å². The fourth-order valence-corrected chi connectivity index (χ4v) is 2.39. The van der Waals surface area contributed by atoms with Crippen LogP contribution in [0.2, 0.25) is 5.02 Å². The largest absolute Gasteiger partial charge is 0.481 e. The summed E-state index contributed by atoms with van der Waals surface area (Å²) in [5.74, 6) is 1.72. The van der Waals surface area contributed by atoms with Crippen LogP contribution in [0.1, 0.15) is 18.6 Å². The number of ether oxygens (including phenoxy) is 1. The van der Waals surface area contributed by atoms with Crippen molar-refractivity contribution in [3.63, 3.8) is 0 Å². The van der Waals surface area contributed by atoms with E-state index in [1.165, 1.54) is 0 Å². The summed E-state index contributed by atoms with van der Waals surface area (Å²) in [5.41, 5.74) is 0.712. The molecule has 6 nitrogen and oxygen atoms in total. The summed E-state index contributed by atoms with van der Waals surface area (Å²) in [5, 5.41) is 8.57. The van der Waals surface area contributed by atoms with Crippen molar-refractivity contribution in [1.82, 2.24) is 20.4 Å². The summed E-state index contributed by atoms with van der Waals surface area (Å²) >= 11 is 6.17. The van der Waals surface area contributed by atoms with Crippen LogP contribution in [-0.2, 0) is 13.0 Å². The van der Waals surface area contributed by atoms with E-state index < -0.39 is 0 Å². The molecule has 0 saturated carbocycles. The van der Waals surface area contributed by atoms with Crippen LogP contribution in [0.5, 0.6) is 5.75 Å². The normalized spacial score (nSPS) is 12.0. The van der Waals surface area contributed by atoms with E-state index in [1.54, 1.807) is 18.3 Å². The first-order valence-electron chi connectivity index (χ1n) is 7.32. The topological polar surface area (TPSA) is 73.1 Å². The van der Waals surface area contributed by atoms with E-state index in [-0.39, 0.29) is 25.1 Å². The van der Waals surface area contributed by atoms with Crippen molar-refractivity contribution in [3.05, 3.63) is 47.2 Å². The molecule has 24 heavy (non-hydrogen) atoms. The lowest BCUT2D eigenvalue weighted by atomic mass is 10.2. The summed E-state index contributed by atoms with van der Waals surface area (Å²) in [6.07, 6.45) is 2.40. The molecule has 0 spiro atoms. The summed E-state index contributed by atoms with van der Waals surface area (Å²) in [4.78, 5) is 8.65. The van der Waals surface area contributed by atoms with Crippen LogP contribution in [0, 0.1) is 0 Å². The fourth-order valence-electron chi connectivity index (χ4n) is 2.18. The smallest absolute Gasteiger partial charge is 0.264 e. The lowest BCUT2D eigenvalue weighted by molar-refractivity contribution is 0.244. The second kappa shape index (κ2) is 8.28. The molecule has 0 aliphatic rings. The fraction of sp³-hybridized carbons (Fsp3) is 0.312.